The number of hydrogen-bond acceptors (Lipinski definition) is 3. The highest BCUT2D eigenvalue weighted by molar-refractivity contribution is 5.80. The van der Waals surface area contributed by atoms with Crippen molar-refractivity contribution < 1.29 is 14.7 Å². The fourth-order valence-electron chi connectivity index (χ4n) is 3.40. The van der Waals surface area contributed by atoms with Gasteiger partial charge >= 0.3 is 5.97 Å². The zero-order valence-electron chi connectivity index (χ0n) is 13.4. The molecule has 1 saturated carbocycles. The Balaban J connectivity index is 1.63. The molecular weight excluding hydrogens is 306 g/mol. The van der Waals surface area contributed by atoms with E-state index in [1.165, 1.54) is 0 Å². The van der Waals surface area contributed by atoms with Crippen molar-refractivity contribution in [2.24, 2.45) is 0 Å². The number of carboxylic acids is 1. The second-order valence-electron chi connectivity index (χ2n) is 6.40. The number of rotatable bonds is 6. The Kier molecular flexibility index (Phi) is 4.64. The number of aromatic nitrogens is 2. The average Bonchev–Trinajstić information content (AvgIpc) is 3.19. The Morgan fingerprint density at radius 1 is 1.21 bits per heavy atom. The first kappa shape index (κ1) is 16.2. The summed E-state index contributed by atoms with van der Waals surface area (Å²) in [6.45, 7) is 0. The first-order valence-electron chi connectivity index (χ1n) is 8.18. The number of aliphatic carboxylic acids is 1. The number of nitrogens with one attached hydrogen (secondary N) is 1. The van der Waals surface area contributed by atoms with Gasteiger partial charge in [0.1, 0.15) is 0 Å². The summed E-state index contributed by atoms with van der Waals surface area (Å²) in [4.78, 5) is 23.4. The minimum atomic E-state index is -0.860. The van der Waals surface area contributed by atoms with Crippen molar-refractivity contribution >= 4 is 11.9 Å². The fraction of sp³-hybridized carbons (Fsp3) is 0.389. The van der Waals surface area contributed by atoms with Gasteiger partial charge in [-0.1, -0.05) is 25.0 Å². The van der Waals surface area contributed by atoms with Gasteiger partial charge in [-0.3, -0.25) is 9.59 Å². The van der Waals surface area contributed by atoms with E-state index in [9.17, 15) is 9.59 Å². The minimum Gasteiger partial charge on any atom is -0.481 e. The number of carboxylic acid groups (broad SMARTS) is 1. The normalized spacial score (nSPS) is 16.0. The summed E-state index contributed by atoms with van der Waals surface area (Å²) in [5, 5.41) is 16.2. The highest BCUT2D eigenvalue weighted by atomic mass is 16.4. The molecule has 3 rings (SSSR count). The lowest BCUT2D eigenvalue weighted by molar-refractivity contribution is -0.139. The van der Waals surface area contributed by atoms with Crippen molar-refractivity contribution in [3.63, 3.8) is 0 Å². The topological polar surface area (TPSA) is 84.2 Å². The van der Waals surface area contributed by atoms with E-state index >= 15 is 0 Å². The van der Waals surface area contributed by atoms with Crippen LogP contribution in [0, 0.1) is 0 Å². The van der Waals surface area contributed by atoms with Gasteiger partial charge in [0.05, 0.1) is 24.1 Å². The number of hydrogen-bond donors (Lipinski definition) is 2. The molecular formula is C18H21N3O3. The molecule has 2 N–H and O–H groups in total. The van der Waals surface area contributed by atoms with Crippen LogP contribution in [0.25, 0.3) is 5.69 Å². The standard InChI is InChI=1S/C18H21N3O3/c22-16(20-18(13-17(23)24)8-1-2-9-18)12-14-4-6-15(7-5-14)21-11-3-10-19-21/h3-7,10-11H,1-2,8-9,12-13H2,(H,20,22)(H,23,24). The molecule has 0 saturated heterocycles. The molecule has 1 heterocycles. The van der Waals surface area contributed by atoms with Crippen LogP contribution in [0.3, 0.4) is 0 Å². The van der Waals surface area contributed by atoms with Gasteiger partial charge in [-0.2, -0.15) is 5.10 Å². The molecule has 126 valence electrons. The Morgan fingerprint density at radius 3 is 2.50 bits per heavy atom. The molecule has 24 heavy (non-hydrogen) atoms. The summed E-state index contributed by atoms with van der Waals surface area (Å²) >= 11 is 0. The van der Waals surface area contributed by atoms with Crippen LogP contribution in [0.2, 0.25) is 0 Å². The summed E-state index contributed by atoms with van der Waals surface area (Å²) in [6.07, 6.45) is 7.23. The second-order valence-corrected chi connectivity index (χ2v) is 6.40. The quantitative estimate of drug-likeness (QED) is 0.853. The number of amides is 1. The van der Waals surface area contributed by atoms with Gasteiger partial charge in [0, 0.05) is 12.4 Å². The number of benzene rings is 1. The van der Waals surface area contributed by atoms with Crippen molar-refractivity contribution in [2.45, 2.75) is 44.1 Å². The summed E-state index contributed by atoms with van der Waals surface area (Å²) in [7, 11) is 0. The van der Waals surface area contributed by atoms with E-state index in [0.717, 1.165) is 36.9 Å². The predicted octanol–water partition coefficient (Wildman–Crippen LogP) is 2.32. The molecule has 0 spiro atoms. The lowest BCUT2D eigenvalue weighted by Gasteiger charge is -2.28. The van der Waals surface area contributed by atoms with Crippen LogP contribution < -0.4 is 5.32 Å². The Morgan fingerprint density at radius 2 is 1.92 bits per heavy atom. The van der Waals surface area contributed by atoms with E-state index in [1.807, 2.05) is 36.5 Å². The molecule has 0 unspecified atom stereocenters. The molecule has 1 fully saturated rings. The van der Waals surface area contributed by atoms with Crippen molar-refractivity contribution in [1.82, 2.24) is 15.1 Å². The molecule has 1 amide bonds. The lowest BCUT2D eigenvalue weighted by atomic mass is 9.92. The Bertz CT molecular complexity index is 702. The zero-order valence-corrected chi connectivity index (χ0v) is 13.4. The molecule has 0 radical (unpaired) electrons. The first-order chi connectivity index (χ1) is 11.6. The maximum Gasteiger partial charge on any atom is 0.305 e. The van der Waals surface area contributed by atoms with Gasteiger partial charge in [0.2, 0.25) is 5.91 Å². The van der Waals surface area contributed by atoms with E-state index in [-0.39, 0.29) is 18.7 Å². The molecule has 6 heteroatoms. The zero-order chi connectivity index (χ0) is 17.0. The van der Waals surface area contributed by atoms with Crippen LogP contribution in [0.5, 0.6) is 0 Å². The smallest absolute Gasteiger partial charge is 0.305 e. The average molecular weight is 327 g/mol. The van der Waals surface area contributed by atoms with Crippen LogP contribution in [0.15, 0.2) is 42.7 Å². The molecule has 1 aromatic carbocycles. The molecule has 2 aromatic rings. The summed E-state index contributed by atoms with van der Waals surface area (Å²) in [5.41, 5.74) is 1.26. The van der Waals surface area contributed by atoms with Gasteiger partial charge in [-0.05, 0) is 36.6 Å². The van der Waals surface area contributed by atoms with Crippen LogP contribution in [0.4, 0.5) is 0 Å². The number of carbonyl (C=O) groups excluding carboxylic acids is 1. The van der Waals surface area contributed by atoms with Crippen LogP contribution in [-0.2, 0) is 16.0 Å². The molecule has 1 aliphatic rings. The summed E-state index contributed by atoms with van der Waals surface area (Å²) < 4.78 is 1.75. The van der Waals surface area contributed by atoms with Crippen LogP contribution in [0.1, 0.15) is 37.7 Å². The molecule has 6 nitrogen and oxygen atoms in total. The molecule has 1 aromatic heterocycles. The fourth-order valence-corrected chi connectivity index (χ4v) is 3.40. The van der Waals surface area contributed by atoms with E-state index in [1.54, 1.807) is 10.9 Å². The monoisotopic (exact) mass is 327 g/mol. The van der Waals surface area contributed by atoms with Crippen molar-refractivity contribution in [3.8, 4) is 5.69 Å². The van der Waals surface area contributed by atoms with E-state index < -0.39 is 11.5 Å². The van der Waals surface area contributed by atoms with Gasteiger partial charge < -0.3 is 10.4 Å². The molecule has 0 aliphatic heterocycles. The lowest BCUT2D eigenvalue weighted by Crippen LogP contribution is -2.48. The third kappa shape index (κ3) is 3.82. The van der Waals surface area contributed by atoms with Gasteiger partial charge in [0.25, 0.3) is 0 Å². The molecule has 1 aliphatic carbocycles. The third-order valence-electron chi connectivity index (χ3n) is 4.52. The van der Waals surface area contributed by atoms with E-state index in [0.29, 0.717) is 0 Å². The summed E-state index contributed by atoms with van der Waals surface area (Å²) in [6, 6.07) is 9.48. The summed E-state index contributed by atoms with van der Waals surface area (Å²) in [5.74, 6) is -0.981. The first-order valence-corrected chi connectivity index (χ1v) is 8.18. The van der Waals surface area contributed by atoms with Gasteiger partial charge in [0.15, 0.2) is 0 Å². The van der Waals surface area contributed by atoms with Crippen molar-refractivity contribution in [2.75, 3.05) is 0 Å². The molecule has 0 atom stereocenters. The second kappa shape index (κ2) is 6.86. The Labute approximate surface area is 140 Å². The van der Waals surface area contributed by atoms with E-state index in [4.69, 9.17) is 5.11 Å². The SMILES string of the molecule is O=C(O)CC1(NC(=O)Cc2ccc(-n3cccn3)cc2)CCCC1. The maximum atomic E-state index is 12.3. The van der Waals surface area contributed by atoms with E-state index in [2.05, 4.69) is 10.4 Å². The Hall–Kier alpha value is -2.63. The third-order valence-corrected chi connectivity index (χ3v) is 4.52. The van der Waals surface area contributed by atoms with Crippen LogP contribution >= 0.6 is 0 Å². The number of carbonyl (C=O) groups is 2. The largest absolute Gasteiger partial charge is 0.481 e. The van der Waals surface area contributed by atoms with Crippen molar-refractivity contribution in [3.05, 3.63) is 48.3 Å². The highest BCUT2D eigenvalue weighted by Gasteiger charge is 2.37. The molecule has 0 bridgehead atoms. The van der Waals surface area contributed by atoms with Gasteiger partial charge in [-0.25, -0.2) is 4.68 Å². The highest BCUT2D eigenvalue weighted by Crippen LogP contribution is 2.32. The minimum absolute atomic E-state index is 0.00300. The predicted molar refractivity (Wildman–Crippen MR) is 88.9 cm³/mol. The number of nitrogens with zero attached hydrogens (tertiary/aromatic N) is 2. The van der Waals surface area contributed by atoms with Gasteiger partial charge in [-0.15, -0.1) is 0 Å². The maximum absolute atomic E-state index is 12.3. The van der Waals surface area contributed by atoms with Crippen molar-refractivity contribution in [1.29, 1.82) is 0 Å². The van der Waals surface area contributed by atoms with Crippen LogP contribution in [-0.4, -0.2) is 32.3 Å².